The van der Waals surface area contributed by atoms with Gasteiger partial charge in [-0.2, -0.15) is 0 Å². The fourth-order valence-corrected chi connectivity index (χ4v) is 3.28. The van der Waals surface area contributed by atoms with E-state index < -0.39 is 5.60 Å². The molecule has 0 bridgehead atoms. The summed E-state index contributed by atoms with van der Waals surface area (Å²) in [5, 5.41) is 0. The molecular weight excluding hydrogens is 382 g/mol. The lowest BCUT2D eigenvalue weighted by Crippen LogP contribution is -2.46. The summed E-state index contributed by atoms with van der Waals surface area (Å²) in [4.78, 5) is 25.6. The topological polar surface area (TPSA) is 65.1 Å². The second-order valence-corrected chi connectivity index (χ2v) is 8.40. The number of hydrogen-bond acceptors (Lipinski definition) is 5. The number of likely N-dealkylation sites (tertiary alicyclic amines) is 1. The normalized spacial score (nSPS) is 16.6. The van der Waals surface area contributed by atoms with Crippen molar-refractivity contribution in [2.45, 2.75) is 51.9 Å². The Morgan fingerprint density at radius 1 is 1.17 bits per heavy atom. The molecule has 0 aliphatic carbocycles. The van der Waals surface area contributed by atoms with E-state index in [1.54, 1.807) is 23.1 Å². The maximum absolute atomic E-state index is 12.3. The van der Waals surface area contributed by atoms with Crippen molar-refractivity contribution in [2.24, 2.45) is 0 Å². The lowest BCUT2D eigenvalue weighted by molar-refractivity contribution is 0.00775. The van der Waals surface area contributed by atoms with E-state index in [-0.39, 0.29) is 12.2 Å². The van der Waals surface area contributed by atoms with Crippen molar-refractivity contribution < 1.29 is 23.8 Å². The predicted molar refractivity (Wildman–Crippen MR) is 114 cm³/mol. The van der Waals surface area contributed by atoms with E-state index in [1.165, 1.54) is 0 Å². The van der Waals surface area contributed by atoms with Crippen molar-refractivity contribution in [1.82, 2.24) is 4.90 Å². The van der Waals surface area contributed by atoms with Gasteiger partial charge in [0.1, 0.15) is 29.8 Å². The molecule has 1 atom stereocenters. The second-order valence-electron chi connectivity index (χ2n) is 8.40. The van der Waals surface area contributed by atoms with Gasteiger partial charge >= 0.3 is 6.09 Å². The van der Waals surface area contributed by atoms with Crippen LogP contribution in [0.5, 0.6) is 11.5 Å². The zero-order chi connectivity index (χ0) is 21.6. The SMILES string of the molecule is CC(C)(C)OC(=O)N1CCC[C@@H](Oc2ccc(OCc3ccccc3)c(C=O)c2)C1. The lowest BCUT2D eigenvalue weighted by atomic mass is 10.1. The van der Waals surface area contributed by atoms with Gasteiger partial charge in [-0.3, -0.25) is 4.79 Å². The average molecular weight is 411 g/mol. The average Bonchev–Trinajstić information content (AvgIpc) is 2.72. The van der Waals surface area contributed by atoms with Crippen molar-refractivity contribution in [3.05, 3.63) is 59.7 Å². The first kappa shape index (κ1) is 21.7. The Morgan fingerprint density at radius 2 is 1.93 bits per heavy atom. The summed E-state index contributed by atoms with van der Waals surface area (Å²) in [5.74, 6) is 1.10. The number of aldehydes is 1. The molecule has 3 rings (SSSR count). The van der Waals surface area contributed by atoms with E-state index in [0.29, 0.717) is 36.8 Å². The summed E-state index contributed by atoms with van der Waals surface area (Å²) >= 11 is 0. The third-order valence-electron chi connectivity index (χ3n) is 4.68. The zero-order valence-corrected chi connectivity index (χ0v) is 17.8. The third kappa shape index (κ3) is 6.24. The van der Waals surface area contributed by atoms with Gasteiger partial charge in [-0.25, -0.2) is 4.79 Å². The molecule has 6 heteroatoms. The molecule has 0 aromatic heterocycles. The molecule has 0 saturated carbocycles. The second kappa shape index (κ2) is 9.65. The first-order valence-corrected chi connectivity index (χ1v) is 10.2. The number of nitrogens with zero attached hydrogens (tertiary/aromatic N) is 1. The predicted octanol–water partition coefficient (Wildman–Crippen LogP) is 4.86. The van der Waals surface area contributed by atoms with E-state index in [0.717, 1.165) is 24.7 Å². The number of benzene rings is 2. The van der Waals surface area contributed by atoms with Gasteiger partial charge in [0.05, 0.1) is 12.1 Å². The Bertz CT molecular complexity index is 860. The van der Waals surface area contributed by atoms with E-state index in [1.807, 2.05) is 51.1 Å². The van der Waals surface area contributed by atoms with Crippen LogP contribution in [-0.2, 0) is 11.3 Å². The molecule has 30 heavy (non-hydrogen) atoms. The van der Waals surface area contributed by atoms with Crippen molar-refractivity contribution in [2.75, 3.05) is 13.1 Å². The molecule has 0 N–H and O–H groups in total. The summed E-state index contributed by atoms with van der Waals surface area (Å²) < 4.78 is 17.3. The van der Waals surface area contributed by atoms with Crippen LogP contribution >= 0.6 is 0 Å². The van der Waals surface area contributed by atoms with E-state index in [4.69, 9.17) is 14.2 Å². The summed E-state index contributed by atoms with van der Waals surface area (Å²) in [6.45, 7) is 7.05. The molecular formula is C24H29NO5. The van der Waals surface area contributed by atoms with Crippen LogP contribution in [-0.4, -0.2) is 42.1 Å². The molecule has 1 fully saturated rings. The minimum Gasteiger partial charge on any atom is -0.489 e. The quantitative estimate of drug-likeness (QED) is 0.636. The van der Waals surface area contributed by atoms with Gasteiger partial charge in [-0.05, 0) is 57.4 Å². The van der Waals surface area contributed by atoms with Crippen LogP contribution < -0.4 is 9.47 Å². The van der Waals surface area contributed by atoms with Crippen LogP contribution in [0.3, 0.4) is 0 Å². The number of rotatable bonds is 6. The molecule has 6 nitrogen and oxygen atoms in total. The first-order valence-electron chi connectivity index (χ1n) is 10.2. The van der Waals surface area contributed by atoms with Gasteiger partial charge in [-0.1, -0.05) is 30.3 Å². The number of carbonyl (C=O) groups excluding carboxylic acids is 2. The van der Waals surface area contributed by atoms with Crippen LogP contribution in [0.15, 0.2) is 48.5 Å². The van der Waals surface area contributed by atoms with Gasteiger partial charge in [0.25, 0.3) is 0 Å². The molecule has 1 amide bonds. The molecule has 0 unspecified atom stereocenters. The highest BCUT2D eigenvalue weighted by molar-refractivity contribution is 5.80. The molecule has 2 aromatic rings. The molecule has 1 heterocycles. The maximum Gasteiger partial charge on any atom is 0.410 e. The summed E-state index contributed by atoms with van der Waals surface area (Å²) in [7, 11) is 0. The highest BCUT2D eigenvalue weighted by atomic mass is 16.6. The molecule has 1 aliphatic rings. The first-order chi connectivity index (χ1) is 14.3. The lowest BCUT2D eigenvalue weighted by Gasteiger charge is -2.34. The van der Waals surface area contributed by atoms with Gasteiger partial charge in [0, 0.05) is 6.54 Å². The summed E-state index contributed by atoms with van der Waals surface area (Å²) in [5.41, 5.74) is 0.932. The highest BCUT2D eigenvalue weighted by Crippen LogP contribution is 2.26. The van der Waals surface area contributed by atoms with Crippen molar-refractivity contribution in [3.63, 3.8) is 0 Å². The fraction of sp³-hybridized carbons (Fsp3) is 0.417. The minimum atomic E-state index is -0.528. The van der Waals surface area contributed by atoms with Gasteiger partial charge in [0.2, 0.25) is 0 Å². The Kier molecular flexibility index (Phi) is 6.98. The molecule has 1 aliphatic heterocycles. The molecule has 0 radical (unpaired) electrons. The fourth-order valence-electron chi connectivity index (χ4n) is 3.28. The number of piperidine rings is 1. The number of carbonyl (C=O) groups is 2. The van der Waals surface area contributed by atoms with E-state index in [9.17, 15) is 9.59 Å². The smallest absolute Gasteiger partial charge is 0.410 e. The van der Waals surface area contributed by atoms with Crippen LogP contribution in [0, 0.1) is 0 Å². The number of hydrogen-bond donors (Lipinski definition) is 0. The van der Waals surface area contributed by atoms with Gasteiger partial charge < -0.3 is 19.1 Å². The van der Waals surface area contributed by atoms with E-state index in [2.05, 4.69) is 0 Å². The Labute approximate surface area is 177 Å². The Hall–Kier alpha value is -3.02. The summed E-state index contributed by atoms with van der Waals surface area (Å²) in [6, 6.07) is 15.0. The molecule has 2 aromatic carbocycles. The third-order valence-corrected chi connectivity index (χ3v) is 4.68. The van der Waals surface area contributed by atoms with Crippen LogP contribution in [0.25, 0.3) is 0 Å². The van der Waals surface area contributed by atoms with Gasteiger partial charge in [0.15, 0.2) is 6.29 Å². The summed E-state index contributed by atoms with van der Waals surface area (Å²) in [6.07, 6.45) is 1.96. The van der Waals surface area contributed by atoms with Crippen molar-refractivity contribution in [3.8, 4) is 11.5 Å². The minimum absolute atomic E-state index is 0.151. The van der Waals surface area contributed by atoms with E-state index >= 15 is 0 Å². The largest absolute Gasteiger partial charge is 0.489 e. The Morgan fingerprint density at radius 3 is 2.63 bits per heavy atom. The Balaban J connectivity index is 1.60. The number of amides is 1. The molecule has 160 valence electrons. The highest BCUT2D eigenvalue weighted by Gasteiger charge is 2.28. The van der Waals surface area contributed by atoms with Gasteiger partial charge in [-0.15, -0.1) is 0 Å². The zero-order valence-electron chi connectivity index (χ0n) is 17.8. The monoisotopic (exact) mass is 411 g/mol. The molecule has 0 spiro atoms. The van der Waals surface area contributed by atoms with Crippen LogP contribution in [0.2, 0.25) is 0 Å². The maximum atomic E-state index is 12.3. The van der Waals surface area contributed by atoms with Crippen molar-refractivity contribution in [1.29, 1.82) is 0 Å². The number of ether oxygens (including phenoxy) is 3. The standard InChI is InChI=1S/C24H29NO5/c1-24(2,3)30-23(27)25-13-7-10-21(15-25)29-20-11-12-22(19(14-20)16-26)28-17-18-8-5-4-6-9-18/h4-6,8-9,11-12,14,16,21H,7,10,13,15,17H2,1-3H3/t21-/m1/s1. The molecule has 1 saturated heterocycles. The van der Waals surface area contributed by atoms with Crippen molar-refractivity contribution >= 4 is 12.4 Å². The van der Waals surface area contributed by atoms with Crippen LogP contribution in [0.4, 0.5) is 4.79 Å². The van der Waals surface area contributed by atoms with Crippen LogP contribution in [0.1, 0.15) is 49.5 Å².